The van der Waals surface area contributed by atoms with E-state index in [1.54, 1.807) is 30.9 Å². The summed E-state index contributed by atoms with van der Waals surface area (Å²) in [4.78, 5) is 24.1. The minimum absolute atomic E-state index is 0.103. The van der Waals surface area contributed by atoms with Gasteiger partial charge in [0.15, 0.2) is 5.82 Å². The van der Waals surface area contributed by atoms with Crippen molar-refractivity contribution in [3.63, 3.8) is 0 Å². The number of carbonyl (C=O) groups excluding carboxylic acids is 1. The summed E-state index contributed by atoms with van der Waals surface area (Å²) in [6.07, 6.45) is 6.14. The number of aromatic nitrogens is 5. The maximum absolute atomic E-state index is 11.8. The average Bonchev–Trinajstić information content (AvgIpc) is 3.24. The predicted molar refractivity (Wildman–Crippen MR) is 104 cm³/mol. The quantitative estimate of drug-likeness (QED) is 0.509. The molecule has 1 aliphatic carbocycles. The molecule has 4 rings (SSSR count). The molecule has 1 fully saturated rings. The van der Waals surface area contributed by atoms with Crippen LogP contribution in [-0.2, 0) is 4.79 Å². The molecule has 0 radical (unpaired) electrons. The summed E-state index contributed by atoms with van der Waals surface area (Å²) in [6, 6.07) is 3.75. The van der Waals surface area contributed by atoms with Gasteiger partial charge in [-0.1, -0.05) is 0 Å². The van der Waals surface area contributed by atoms with E-state index in [2.05, 4.69) is 42.9 Å². The lowest BCUT2D eigenvalue weighted by molar-refractivity contribution is -0.123. The molecule has 27 heavy (non-hydrogen) atoms. The van der Waals surface area contributed by atoms with Crippen LogP contribution in [0.1, 0.15) is 32.7 Å². The van der Waals surface area contributed by atoms with Crippen molar-refractivity contribution in [2.24, 2.45) is 5.92 Å². The summed E-state index contributed by atoms with van der Waals surface area (Å²) in [5.74, 6) is 2.45. The zero-order valence-electron chi connectivity index (χ0n) is 15.7. The fourth-order valence-electron chi connectivity index (χ4n) is 3.10. The Bertz CT molecular complexity index is 957. The van der Waals surface area contributed by atoms with E-state index in [4.69, 9.17) is 0 Å². The Morgan fingerprint density at radius 1 is 1.30 bits per heavy atom. The summed E-state index contributed by atoms with van der Waals surface area (Å²) in [5, 5.41) is 14.6. The molecule has 142 valence electrons. The van der Waals surface area contributed by atoms with Gasteiger partial charge in [0.2, 0.25) is 11.9 Å². The molecular formula is C18H24N8O. The van der Waals surface area contributed by atoms with Crippen molar-refractivity contribution < 1.29 is 4.79 Å². The van der Waals surface area contributed by atoms with Crippen LogP contribution in [0.5, 0.6) is 0 Å². The van der Waals surface area contributed by atoms with Crippen LogP contribution in [0, 0.1) is 5.92 Å². The van der Waals surface area contributed by atoms with Crippen molar-refractivity contribution in [3.05, 3.63) is 24.5 Å². The van der Waals surface area contributed by atoms with Gasteiger partial charge in [0, 0.05) is 31.5 Å². The van der Waals surface area contributed by atoms with Crippen LogP contribution in [0.3, 0.4) is 0 Å². The second-order valence-corrected chi connectivity index (χ2v) is 7.00. The highest BCUT2D eigenvalue weighted by Gasteiger charge is 2.28. The van der Waals surface area contributed by atoms with E-state index >= 15 is 0 Å². The molecular weight excluding hydrogens is 344 g/mol. The van der Waals surface area contributed by atoms with E-state index in [1.165, 1.54) is 12.8 Å². The standard InChI is InChI=1S/C18H24N8O/c1-10(12-4-5-12)21-16-13-6-8-20-15(13)23-18(24-16)22-14-7-9-26(25-14)11(2)17(27)19-3/h6-12H,4-5H2,1-3H3,(H,19,27)(H3,20,21,22,23,24,25)/t10-,11?/m0/s1. The van der Waals surface area contributed by atoms with Gasteiger partial charge in [0.25, 0.3) is 0 Å². The monoisotopic (exact) mass is 368 g/mol. The minimum Gasteiger partial charge on any atom is -0.367 e. The summed E-state index contributed by atoms with van der Waals surface area (Å²) in [7, 11) is 1.61. The number of fused-ring (bicyclic) bond motifs is 1. The van der Waals surface area contributed by atoms with Crippen molar-refractivity contribution in [3.8, 4) is 0 Å². The third-order valence-electron chi connectivity index (χ3n) is 4.98. The first-order valence-electron chi connectivity index (χ1n) is 9.20. The molecule has 3 heterocycles. The van der Waals surface area contributed by atoms with Crippen LogP contribution < -0.4 is 16.0 Å². The molecule has 2 atom stereocenters. The van der Waals surface area contributed by atoms with Gasteiger partial charge in [-0.3, -0.25) is 9.48 Å². The van der Waals surface area contributed by atoms with Gasteiger partial charge in [0.05, 0.1) is 5.39 Å². The van der Waals surface area contributed by atoms with E-state index in [0.717, 1.165) is 16.9 Å². The average molecular weight is 368 g/mol. The Labute approximate surface area is 157 Å². The van der Waals surface area contributed by atoms with E-state index in [1.807, 2.05) is 12.3 Å². The number of carbonyl (C=O) groups is 1. The highest BCUT2D eigenvalue weighted by Crippen LogP contribution is 2.34. The predicted octanol–water partition coefficient (Wildman–Crippen LogP) is 2.42. The van der Waals surface area contributed by atoms with Crippen LogP contribution >= 0.6 is 0 Å². The fraction of sp³-hybridized carbons (Fsp3) is 0.444. The Morgan fingerprint density at radius 3 is 2.85 bits per heavy atom. The number of amides is 1. The lowest BCUT2D eigenvalue weighted by Gasteiger charge is -2.15. The van der Waals surface area contributed by atoms with E-state index in [-0.39, 0.29) is 5.91 Å². The number of rotatable bonds is 7. The highest BCUT2D eigenvalue weighted by atomic mass is 16.2. The Kier molecular flexibility index (Phi) is 4.43. The number of hydrogen-bond acceptors (Lipinski definition) is 6. The number of anilines is 3. The molecule has 1 unspecified atom stereocenters. The molecule has 1 saturated carbocycles. The molecule has 1 aliphatic rings. The lowest BCUT2D eigenvalue weighted by Crippen LogP contribution is -2.28. The first-order chi connectivity index (χ1) is 13.0. The molecule has 3 aromatic heterocycles. The van der Waals surface area contributed by atoms with Gasteiger partial charge in [-0.15, -0.1) is 0 Å². The van der Waals surface area contributed by atoms with Gasteiger partial charge < -0.3 is 20.9 Å². The molecule has 9 heteroatoms. The molecule has 0 spiro atoms. The second kappa shape index (κ2) is 6.90. The smallest absolute Gasteiger partial charge is 0.244 e. The zero-order valence-corrected chi connectivity index (χ0v) is 15.7. The summed E-state index contributed by atoms with van der Waals surface area (Å²) in [5.41, 5.74) is 0.760. The first-order valence-corrected chi connectivity index (χ1v) is 9.20. The topological polar surface area (TPSA) is 113 Å². The number of aromatic amines is 1. The van der Waals surface area contributed by atoms with Crippen molar-refractivity contribution in [2.45, 2.75) is 38.8 Å². The van der Waals surface area contributed by atoms with Crippen LogP contribution in [0.4, 0.5) is 17.6 Å². The summed E-state index contributed by atoms with van der Waals surface area (Å²) in [6.45, 7) is 3.98. The van der Waals surface area contributed by atoms with Crippen LogP contribution in [0.2, 0.25) is 0 Å². The number of hydrogen-bond donors (Lipinski definition) is 4. The maximum atomic E-state index is 11.8. The highest BCUT2D eigenvalue weighted by molar-refractivity contribution is 5.88. The number of H-pyrrole nitrogens is 1. The zero-order chi connectivity index (χ0) is 19.0. The second-order valence-electron chi connectivity index (χ2n) is 7.00. The SMILES string of the molecule is CNC(=O)C(C)n1ccc(Nc2nc(N[C@@H](C)C3CC3)c3cc[nH]c3n2)n1. The number of nitrogens with one attached hydrogen (secondary N) is 4. The summed E-state index contributed by atoms with van der Waals surface area (Å²) < 4.78 is 1.60. The van der Waals surface area contributed by atoms with Crippen molar-refractivity contribution in [1.29, 1.82) is 0 Å². The largest absolute Gasteiger partial charge is 0.367 e. The van der Waals surface area contributed by atoms with Gasteiger partial charge >= 0.3 is 0 Å². The van der Waals surface area contributed by atoms with Gasteiger partial charge in [-0.25, -0.2) is 0 Å². The minimum atomic E-state index is -0.394. The fourth-order valence-corrected chi connectivity index (χ4v) is 3.10. The van der Waals surface area contributed by atoms with Crippen molar-refractivity contribution in [2.75, 3.05) is 17.7 Å². The maximum Gasteiger partial charge on any atom is 0.244 e. The molecule has 0 aliphatic heterocycles. The first kappa shape index (κ1) is 17.3. The molecule has 3 aromatic rings. The third kappa shape index (κ3) is 3.57. The van der Waals surface area contributed by atoms with Crippen LogP contribution in [0.15, 0.2) is 24.5 Å². The molecule has 9 nitrogen and oxygen atoms in total. The molecule has 0 aromatic carbocycles. The van der Waals surface area contributed by atoms with Crippen LogP contribution in [-0.4, -0.2) is 43.7 Å². The molecule has 0 saturated heterocycles. The summed E-state index contributed by atoms with van der Waals surface area (Å²) >= 11 is 0. The van der Waals surface area contributed by atoms with E-state index in [9.17, 15) is 4.79 Å². The molecule has 0 bridgehead atoms. The number of nitrogens with zero attached hydrogens (tertiary/aromatic N) is 4. The molecule has 4 N–H and O–H groups in total. The van der Waals surface area contributed by atoms with Gasteiger partial charge in [0.1, 0.15) is 17.5 Å². The Balaban J connectivity index is 1.57. The normalized spacial score (nSPS) is 16.1. The molecule has 1 amide bonds. The van der Waals surface area contributed by atoms with Crippen LogP contribution in [0.25, 0.3) is 11.0 Å². The Hall–Kier alpha value is -3.10. The lowest BCUT2D eigenvalue weighted by atomic mass is 10.2. The van der Waals surface area contributed by atoms with E-state index in [0.29, 0.717) is 23.7 Å². The number of likely N-dealkylation sites (N-methyl/N-ethyl adjacent to an activating group) is 1. The van der Waals surface area contributed by atoms with Gasteiger partial charge in [-0.05, 0) is 38.7 Å². The third-order valence-corrected chi connectivity index (χ3v) is 4.98. The van der Waals surface area contributed by atoms with Crippen molar-refractivity contribution >= 4 is 34.5 Å². The van der Waals surface area contributed by atoms with Gasteiger partial charge in [-0.2, -0.15) is 15.1 Å². The van der Waals surface area contributed by atoms with E-state index < -0.39 is 6.04 Å². The Morgan fingerprint density at radius 2 is 2.11 bits per heavy atom. The van der Waals surface area contributed by atoms with Crippen molar-refractivity contribution in [1.82, 2.24) is 30.0 Å².